The molecule has 0 aliphatic heterocycles. The highest BCUT2D eigenvalue weighted by atomic mass is 79.9. The van der Waals surface area contributed by atoms with Crippen LogP contribution in [0.3, 0.4) is 0 Å². The van der Waals surface area contributed by atoms with Crippen molar-refractivity contribution in [1.29, 1.82) is 0 Å². The van der Waals surface area contributed by atoms with Crippen LogP contribution in [-0.4, -0.2) is 11.9 Å². The Labute approximate surface area is 132 Å². The van der Waals surface area contributed by atoms with Crippen molar-refractivity contribution in [2.45, 2.75) is 38.1 Å². The molecule has 4 aliphatic carbocycles. The fraction of sp³-hybridized carbons (Fsp3) is 0.588. The van der Waals surface area contributed by atoms with E-state index in [1.807, 2.05) is 0 Å². The molecule has 112 valence electrons. The zero-order valence-electron chi connectivity index (χ0n) is 11.8. The minimum Gasteiger partial charge on any atom is -0.349 e. The minimum absolute atomic E-state index is 0.140. The van der Waals surface area contributed by atoms with Crippen molar-refractivity contribution in [3.8, 4) is 0 Å². The second-order valence-electron chi connectivity index (χ2n) is 7.03. The molecule has 4 bridgehead atoms. The fourth-order valence-electron chi connectivity index (χ4n) is 5.07. The van der Waals surface area contributed by atoms with Crippen molar-refractivity contribution in [2.24, 2.45) is 23.7 Å². The van der Waals surface area contributed by atoms with Crippen LogP contribution in [0.4, 0.5) is 4.39 Å². The van der Waals surface area contributed by atoms with E-state index in [9.17, 15) is 9.18 Å². The molecule has 0 heterocycles. The van der Waals surface area contributed by atoms with E-state index in [-0.39, 0.29) is 16.2 Å². The second kappa shape index (κ2) is 5.08. The summed E-state index contributed by atoms with van der Waals surface area (Å²) in [7, 11) is 0. The Hall–Kier alpha value is -0.900. The van der Waals surface area contributed by atoms with Gasteiger partial charge < -0.3 is 5.32 Å². The van der Waals surface area contributed by atoms with Gasteiger partial charge in [0.25, 0.3) is 5.91 Å². The Bertz CT molecular complexity index is 560. The quantitative estimate of drug-likeness (QED) is 0.852. The number of amides is 1. The predicted octanol–water partition coefficient (Wildman–Crippen LogP) is 4.14. The molecular formula is C17H19BrFNO. The zero-order chi connectivity index (χ0) is 14.6. The summed E-state index contributed by atoms with van der Waals surface area (Å²) in [5.74, 6) is 2.53. The summed E-state index contributed by atoms with van der Waals surface area (Å²) in [5.41, 5.74) is 0.406. The van der Waals surface area contributed by atoms with E-state index in [1.54, 1.807) is 12.1 Å². The molecule has 5 rings (SSSR count). The summed E-state index contributed by atoms with van der Waals surface area (Å²) < 4.78 is 13.8. The van der Waals surface area contributed by atoms with Crippen LogP contribution in [0.1, 0.15) is 42.5 Å². The lowest BCUT2D eigenvalue weighted by molar-refractivity contribution is -0.0119. The molecule has 0 spiro atoms. The number of carbonyl (C=O) groups is 1. The minimum atomic E-state index is -0.382. The largest absolute Gasteiger partial charge is 0.349 e. The summed E-state index contributed by atoms with van der Waals surface area (Å²) in [5, 5.41) is 3.21. The number of hydrogen-bond acceptors (Lipinski definition) is 1. The highest BCUT2D eigenvalue weighted by molar-refractivity contribution is 9.10. The number of nitrogens with one attached hydrogen (secondary N) is 1. The maximum atomic E-state index is 13.6. The first kappa shape index (κ1) is 13.7. The molecule has 4 aliphatic rings. The number of rotatable bonds is 2. The molecule has 4 saturated carbocycles. The van der Waals surface area contributed by atoms with Crippen LogP contribution < -0.4 is 5.32 Å². The van der Waals surface area contributed by atoms with E-state index in [1.165, 1.54) is 38.2 Å². The van der Waals surface area contributed by atoms with Crippen LogP contribution in [0.5, 0.6) is 0 Å². The Balaban J connectivity index is 1.53. The molecule has 0 saturated heterocycles. The average molecular weight is 352 g/mol. The van der Waals surface area contributed by atoms with Crippen molar-refractivity contribution in [3.05, 3.63) is 34.1 Å². The van der Waals surface area contributed by atoms with Crippen LogP contribution in [0.2, 0.25) is 0 Å². The van der Waals surface area contributed by atoms with Gasteiger partial charge in [0, 0.05) is 6.04 Å². The van der Waals surface area contributed by atoms with E-state index >= 15 is 0 Å². The Kier molecular flexibility index (Phi) is 3.32. The molecule has 1 aromatic carbocycles. The lowest BCUT2D eigenvalue weighted by Crippen LogP contribution is -2.55. The maximum absolute atomic E-state index is 13.6. The van der Waals surface area contributed by atoms with Gasteiger partial charge in [0.05, 0.1) is 10.0 Å². The first-order valence-corrected chi connectivity index (χ1v) is 8.66. The Morgan fingerprint density at radius 1 is 1.10 bits per heavy atom. The standard InChI is InChI=1S/C17H19BrFNO/c18-15-13(2-1-3-14(15)19)17(21)20-16-11-5-9-4-10(7-11)8-12(16)6-9/h1-3,9-12,16H,4-8H2,(H,20,21). The molecule has 2 nitrogen and oxygen atoms in total. The summed E-state index contributed by atoms with van der Waals surface area (Å²) >= 11 is 3.19. The van der Waals surface area contributed by atoms with Crippen molar-refractivity contribution in [1.82, 2.24) is 5.32 Å². The molecule has 0 atom stereocenters. The summed E-state index contributed by atoms with van der Waals surface area (Å²) in [4.78, 5) is 12.5. The number of benzene rings is 1. The van der Waals surface area contributed by atoms with Gasteiger partial charge in [-0.2, -0.15) is 0 Å². The number of carbonyl (C=O) groups excluding carboxylic acids is 1. The van der Waals surface area contributed by atoms with E-state index in [4.69, 9.17) is 0 Å². The molecule has 0 aromatic heterocycles. The van der Waals surface area contributed by atoms with Crippen LogP contribution in [0.15, 0.2) is 22.7 Å². The van der Waals surface area contributed by atoms with Gasteiger partial charge in [0.1, 0.15) is 5.82 Å². The Morgan fingerprint density at radius 2 is 1.71 bits per heavy atom. The molecular weight excluding hydrogens is 333 g/mol. The van der Waals surface area contributed by atoms with Crippen molar-refractivity contribution in [3.63, 3.8) is 0 Å². The van der Waals surface area contributed by atoms with Crippen LogP contribution in [-0.2, 0) is 0 Å². The van der Waals surface area contributed by atoms with Gasteiger partial charge in [0.2, 0.25) is 0 Å². The summed E-state index contributed by atoms with van der Waals surface area (Å²) in [6.07, 6.45) is 6.47. The average Bonchev–Trinajstić information content (AvgIpc) is 2.45. The van der Waals surface area contributed by atoms with Crippen LogP contribution >= 0.6 is 15.9 Å². The highest BCUT2D eigenvalue weighted by Gasteiger charge is 2.48. The first-order valence-electron chi connectivity index (χ1n) is 7.86. The van der Waals surface area contributed by atoms with Gasteiger partial charge in [-0.1, -0.05) is 6.07 Å². The SMILES string of the molecule is O=C(NC1C2CC3CC(C2)CC1C3)c1cccc(F)c1Br. The van der Waals surface area contributed by atoms with Gasteiger partial charge in [-0.3, -0.25) is 4.79 Å². The van der Waals surface area contributed by atoms with Gasteiger partial charge in [0.15, 0.2) is 0 Å². The third kappa shape index (κ3) is 2.32. The third-order valence-corrected chi connectivity index (χ3v) is 6.53. The normalized spacial score (nSPS) is 36.8. The highest BCUT2D eigenvalue weighted by Crippen LogP contribution is 2.53. The molecule has 1 aromatic rings. The molecule has 4 heteroatoms. The van der Waals surface area contributed by atoms with Crippen LogP contribution in [0.25, 0.3) is 0 Å². The lowest BCUT2D eigenvalue weighted by Gasteiger charge is -2.54. The molecule has 0 unspecified atom stereocenters. The number of hydrogen-bond donors (Lipinski definition) is 1. The van der Waals surface area contributed by atoms with E-state index < -0.39 is 0 Å². The smallest absolute Gasteiger partial charge is 0.252 e. The molecule has 0 radical (unpaired) electrons. The molecule has 4 fully saturated rings. The first-order chi connectivity index (χ1) is 10.1. The Morgan fingerprint density at radius 3 is 2.33 bits per heavy atom. The molecule has 21 heavy (non-hydrogen) atoms. The van der Waals surface area contributed by atoms with Gasteiger partial charge in [-0.05, 0) is 83.8 Å². The van der Waals surface area contributed by atoms with Gasteiger partial charge >= 0.3 is 0 Å². The maximum Gasteiger partial charge on any atom is 0.252 e. The van der Waals surface area contributed by atoms with Gasteiger partial charge in [-0.25, -0.2) is 4.39 Å². The summed E-state index contributed by atoms with van der Waals surface area (Å²) in [6.45, 7) is 0. The zero-order valence-corrected chi connectivity index (χ0v) is 13.4. The third-order valence-electron chi connectivity index (χ3n) is 5.72. The second-order valence-corrected chi connectivity index (χ2v) is 7.82. The summed E-state index contributed by atoms with van der Waals surface area (Å²) in [6, 6.07) is 4.93. The van der Waals surface area contributed by atoms with Crippen molar-refractivity contribution in [2.75, 3.05) is 0 Å². The molecule has 1 amide bonds. The van der Waals surface area contributed by atoms with Crippen molar-refractivity contribution < 1.29 is 9.18 Å². The predicted molar refractivity (Wildman–Crippen MR) is 82.4 cm³/mol. The van der Waals surface area contributed by atoms with Gasteiger partial charge in [-0.15, -0.1) is 0 Å². The number of halogens is 2. The topological polar surface area (TPSA) is 29.1 Å². The van der Waals surface area contributed by atoms with Crippen LogP contribution in [0, 0.1) is 29.5 Å². The van der Waals surface area contributed by atoms with Crippen molar-refractivity contribution >= 4 is 21.8 Å². The monoisotopic (exact) mass is 351 g/mol. The van der Waals surface area contributed by atoms with E-state index in [0.29, 0.717) is 23.4 Å². The van der Waals surface area contributed by atoms with E-state index in [2.05, 4.69) is 21.2 Å². The molecule has 1 N–H and O–H groups in total. The lowest BCUT2D eigenvalue weighted by atomic mass is 9.54. The fourth-order valence-corrected chi connectivity index (χ4v) is 5.51. The van der Waals surface area contributed by atoms with E-state index in [0.717, 1.165) is 11.8 Å².